The van der Waals surface area contributed by atoms with E-state index in [9.17, 15) is 4.79 Å². The molecule has 2 aliphatic heterocycles. The zero-order chi connectivity index (χ0) is 18.0. The molecule has 4 rings (SSSR count). The predicted molar refractivity (Wildman–Crippen MR) is 100.0 cm³/mol. The van der Waals surface area contributed by atoms with Crippen molar-refractivity contribution < 1.29 is 9.53 Å². The molecule has 5 nitrogen and oxygen atoms in total. The van der Waals surface area contributed by atoms with E-state index in [2.05, 4.69) is 39.5 Å². The third kappa shape index (κ3) is 3.31. The van der Waals surface area contributed by atoms with Gasteiger partial charge in [-0.1, -0.05) is 12.1 Å². The molecular weight excluding hydrogens is 326 g/mol. The Morgan fingerprint density at radius 2 is 1.85 bits per heavy atom. The molecule has 2 aliphatic rings. The summed E-state index contributed by atoms with van der Waals surface area (Å²) in [6.45, 7) is 2.93. The van der Waals surface area contributed by atoms with Gasteiger partial charge in [0.2, 0.25) is 5.91 Å². The lowest BCUT2D eigenvalue weighted by Gasteiger charge is -2.43. The normalized spacial score (nSPS) is 22.3. The Bertz CT molecular complexity index is 753. The molecule has 2 aromatic rings. The average Bonchev–Trinajstić information content (AvgIpc) is 3.01. The number of piperidine rings is 1. The second-order valence-corrected chi connectivity index (χ2v) is 7.37. The van der Waals surface area contributed by atoms with Crippen LogP contribution in [0, 0.1) is 0 Å². The number of hydrogen-bond donors (Lipinski definition) is 1. The number of pyridine rings is 1. The molecule has 0 aliphatic carbocycles. The molecule has 0 saturated carbocycles. The highest BCUT2D eigenvalue weighted by Crippen LogP contribution is 2.43. The molecular formula is C21H25N3O2. The Hall–Kier alpha value is -2.40. The van der Waals surface area contributed by atoms with Gasteiger partial charge in [0.25, 0.3) is 0 Å². The molecule has 1 amide bonds. The van der Waals surface area contributed by atoms with Crippen LogP contribution in [-0.2, 0) is 11.3 Å². The van der Waals surface area contributed by atoms with Gasteiger partial charge in [0.05, 0.1) is 7.11 Å². The summed E-state index contributed by atoms with van der Waals surface area (Å²) in [5.41, 5.74) is 2.42. The maximum absolute atomic E-state index is 12.2. The van der Waals surface area contributed by atoms with Gasteiger partial charge in [0.15, 0.2) is 0 Å². The molecule has 1 N–H and O–H groups in total. The van der Waals surface area contributed by atoms with E-state index < -0.39 is 0 Å². The number of likely N-dealkylation sites (tertiary alicyclic amines) is 1. The van der Waals surface area contributed by atoms with Gasteiger partial charge in [-0.25, -0.2) is 0 Å². The van der Waals surface area contributed by atoms with E-state index in [1.165, 1.54) is 11.1 Å². The number of aromatic nitrogens is 1. The van der Waals surface area contributed by atoms with E-state index in [1.807, 2.05) is 24.5 Å². The summed E-state index contributed by atoms with van der Waals surface area (Å²) < 4.78 is 5.23. The number of ether oxygens (including phenoxy) is 1. The van der Waals surface area contributed by atoms with E-state index in [4.69, 9.17) is 4.74 Å². The van der Waals surface area contributed by atoms with Crippen LogP contribution in [0.3, 0.4) is 0 Å². The van der Waals surface area contributed by atoms with E-state index in [0.29, 0.717) is 6.42 Å². The number of nitrogens with one attached hydrogen (secondary N) is 1. The third-order valence-corrected chi connectivity index (χ3v) is 5.87. The number of carbonyl (C=O) groups is 1. The van der Waals surface area contributed by atoms with Crippen molar-refractivity contribution in [1.29, 1.82) is 0 Å². The zero-order valence-corrected chi connectivity index (χ0v) is 15.1. The Labute approximate surface area is 154 Å². The van der Waals surface area contributed by atoms with Crippen LogP contribution in [0.5, 0.6) is 5.75 Å². The van der Waals surface area contributed by atoms with Crippen LogP contribution >= 0.6 is 0 Å². The molecule has 1 atom stereocenters. The second-order valence-electron chi connectivity index (χ2n) is 7.37. The summed E-state index contributed by atoms with van der Waals surface area (Å²) in [6.07, 6.45) is 6.21. The van der Waals surface area contributed by atoms with Crippen LogP contribution < -0.4 is 10.1 Å². The minimum absolute atomic E-state index is 0.102. The van der Waals surface area contributed by atoms with Crippen LogP contribution in [0.2, 0.25) is 0 Å². The molecule has 3 heterocycles. The lowest BCUT2D eigenvalue weighted by molar-refractivity contribution is -0.120. The molecule has 2 saturated heterocycles. The first-order valence-corrected chi connectivity index (χ1v) is 9.25. The number of rotatable bonds is 4. The highest BCUT2D eigenvalue weighted by Gasteiger charge is 2.48. The number of amides is 1. The summed E-state index contributed by atoms with van der Waals surface area (Å²) >= 11 is 0. The predicted octanol–water partition coefficient (Wildman–Crippen LogP) is 2.73. The summed E-state index contributed by atoms with van der Waals surface area (Å²) in [5.74, 6) is 1.32. The van der Waals surface area contributed by atoms with Gasteiger partial charge < -0.3 is 10.1 Å². The number of hydrogen-bond acceptors (Lipinski definition) is 4. The molecule has 0 bridgehead atoms. The van der Waals surface area contributed by atoms with Crippen LogP contribution in [0.25, 0.3) is 0 Å². The Balaban J connectivity index is 1.43. The SMILES string of the molecule is COc1ccc(CN2CCC3(CC2)NC(=O)CC3c2ccncc2)cc1. The van der Waals surface area contributed by atoms with Crippen molar-refractivity contribution in [3.05, 3.63) is 59.9 Å². The molecule has 1 aromatic carbocycles. The average molecular weight is 351 g/mol. The van der Waals surface area contributed by atoms with E-state index in [1.54, 1.807) is 7.11 Å². The van der Waals surface area contributed by atoms with Crippen LogP contribution in [0.15, 0.2) is 48.8 Å². The summed E-state index contributed by atoms with van der Waals surface area (Å²) in [7, 11) is 1.69. The van der Waals surface area contributed by atoms with Crippen molar-refractivity contribution in [2.45, 2.75) is 37.3 Å². The first-order chi connectivity index (χ1) is 12.7. The molecule has 1 spiro atoms. The molecule has 26 heavy (non-hydrogen) atoms. The van der Waals surface area contributed by atoms with Crippen molar-refractivity contribution in [1.82, 2.24) is 15.2 Å². The van der Waals surface area contributed by atoms with Crippen molar-refractivity contribution in [3.63, 3.8) is 0 Å². The van der Waals surface area contributed by atoms with Crippen molar-refractivity contribution in [3.8, 4) is 5.75 Å². The standard InChI is InChI=1S/C21H25N3O2/c1-26-18-4-2-16(3-5-18)15-24-12-8-21(9-13-24)19(14-20(25)23-21)17-6-10-22-11-7-17/h2-7,10-11,19H,8-9,12-15H2,1H3,(H,23,25). The molecule has 5 heteroatoms. The topological polar surface area (TPSA) is 54.5 Å². The van der Waals surface area contributed by atoms with E-state index >= 15 is 0 Å². The van der Waals surface area contributed by atoms with Crippen molar-refractivity contribution in [2.75, 3.05) is 20.2 Å². The number of nitrogens with zero attached hydrogens (tertiary/aromatic N) is 2. The molecule has 1 unspecified atom stereocenters. The maximum atomic E-state index is 12.2. The summed E-state index contributed by atoms with van der Waals surface area (Å²) in [4.78, 5) is 18.8. The number of carbonyl (C=O) groups excluding carboxylic acids is 1. The Kier molecular flexibility index (Phi) is 4.64. The van der Waals surface area contributed by atoms with Gasteiger partial charge in [0, 0.05) is 49.9 Å². The fourth-order valence-corrected chi connectivity index (χ4v) is 4.40. The molecule has 1 aromatic heterocycles. The monoisotopic (exact) mass is 351 g/mol. The molecule has 2 fully saturated rings. The Morgan fingerprint density at radius 3 is 2.50 bits per heavy atom. The summed E-state index contributed by atoms with van der Waals surface area (Å²) in [5, 5.41) is 3.31. The highest BCUT2D eigenvalue weighted by molar-refractivity contribution is 5.81. The fraction of sp³-hybridized carbons (Fsp3) is 0.429. The van der Waals surface area contributed by atoms with Gasteiger partial charge in [-0.15, -0.1) is 0 Å². The second kappa shape index (κ2) is 7.08. The number of methoxy groups -OCH3 is 1. The van der Waals surface area contributed by atoms with Crippen molar-refractivity contribution >= 4 is 5.91 Å². The lowest BCUT2D eigenvalue weighted by atomic mass is 9.74. The number of benzene rings is 1. The van der Waals surface area contributed by atoms with Crippen LogP contribution in [0.4, 0.5) is 0 Å². The Morgan fingerprint density at radius 1 is 1.15 bits per heavy atom. The highest BCUT2D eigenvalue weighted by atomic mass is 16.5. The van der Waals surface area contributed by atoms with Crippen LogP contribution in [0.1, 0.15) is 36.3 Å². The van der Waals surface area contributed by atoms with Gasteiger partial charge in [-0.2, -0.15) is 0 Å². The van der Waals surface area contributed by atoms with Crippen molar-refractivity contribution in [2.24, 2.45) is 0 Å². The lowest BCUT2D eigenvalue weighted by Crippen LogP contribution is -2.53. The fourth-order valence-electron chi connectivity index (χ4n) is 4.40. The minimum atomic E-state index is -0.102. The first-order valence-electron chi connectivity index (χ1n) is 9.25. The molecule has 136 valence electrons. The maximum Gasteiger partial charge on any atom is 0.221 e. The quantitative estimate of drug-likeness (QED) is 0.920. The smallest absolute Gasteiger partial charge is 0.221 e. The zero-order valence-electron chi connectivity index (χ0n) is 15.1. The van der Waals surface area contributed by atoms with Gasteiger partial charge in [-0.05, 0) is 48.2 Å². The van der Waals surface area contributed by atoms with E-state index in [0.717, 1.165) is 38.2 Å². The van der Waals surface area contributed by atoms with Crippen LogP contribution in [-0.4, -0.2) is 41.5 Å². The largest absolute Gasteiger partial charge is 0.497 e. The van der Waals surface area contributed by atoms with Gasteiger partial charge in [0.1, 0.15) is 5.75 Å². The molecule has 0 radical (unpaired) electrons. The minimum Gasteiger partial charge on any atom is -0.497 e. The van der Waals surface area contributed by atoms with Gasteiger partial charge >= 0.3 is 0 Å². The third-order valence-electron chi connectivity index (χ3n) is 5.87. The van der Waals surface area contributed by atoms with Gasteiger partial charge in [-0.3, -0.25) is 14.7 Å². The summed E-state index contributed by atoms with van der Waals surface area (Å²) in [6, 6.07) is 12.4. The van der Waals surface area contributed by atoms with E-state index in [-0.39, 0.29) is 17.4 Å². The first kappa shape index (κ1) is 17.0.